The summed E-state index contributed by atoms with van der Waals surface area (Å²) in [6.07, 6.45) is 0. The maximum atomic E-state index is 11.5. The van der Waals surface area contributed by atoms with Crippen LogP contribution in [0.1, 0.15) is 13.8 Å². The summed E-state index contributed by atoms with van der Waals surface area (Å²) < 4.78 is 5.59. The molecule has 0 fully saturated rings. The summed E-state index contributed by atoms with van der Waals surface area (Å²) in [5, 5.41) is 2.64. The molecule has 0 aliphatic rings. The van der Waals surface area contributed by atoms with E-state index in [0.29, 0.717) is 5.69 Å². The predicted octanol–water partition coefficient (Wildman–Crippen LogP) is 2.59. The van der Waals surface area contributed by atoms with Crippen molar-refractivity contribution in [3.05, 3.63) is 28.7 Å². The molecule has 1 aromatic carbocycles. The molecule has 0 aliphatic carbocycles. The molecule has 5 heteroatoms. The van der Waals surface area contributed by atoms with E-state index in [0.717, 1.165) is 4.47 Å². The fourth-order valence-electron chi connectivity index (χ4n) is 1.05. The van der Waals surface area contributed by atoms with Crippen LogP contribution in [-0.4, -0.2) is 18.5 Å². The molecule has 0 saturated heterocycles. The molecule has 92 valence electrons. The van der Waals surface area contributed by atoms with Crippen molar-refractivity contribution < 1.29 is 14.3 Å². The molecule has 0 aliphatic heterocycles. The Bertz CT molecular complexity index is 418. The standard InChI is InChI=1S/C12H14BrNO3/c1-8(2)12(16)17-7-11(15)14-10-6-4-3-5-9(10)13/h3-6,8H,7H2,1-2H3,(H,14,15). The van der Waals surface area contributed by atoms with Crippen molar-refractivity contribution in [2.24, 2.45) is 5.92 Å². The number of carbonyl (C=O) groups is 2. The van der Waals surface area contributed by atoms with Crippen LogP contribution >= 0.6 is 15.9 Å². The Morgan fingerprint density at radius 3 is 2.59 bits per heavy atom. The average Bonchev–Trinajstić information content (AvgIpc) is 2.29. The largest absolute Gasteiger partial charge is 0.455 e. The molecule has 0 radical (unpaired) electrons. The van der Waals surface area contributed by atoms with E-state index >= 15 is 0 Å². The average molecular weight is 300 g/mol. The minimum atomic E-state index is -0.382. The summed E-state index contributed by atoms with van der Waals surface area (Å²) in [4.78, 5) is 22.6. The summed E-state index contributed by atoms with van der Waals surface area (Å²) in [6.45, 7) is 3.17. The van der Waals surface area contributed by atoms with Gasteiger partial charge in [-0.3, -0.25) is 9.59 Å². The highest BCUT2D eigenvalue weighted by Crippen LogP contribution is 2.20. The van der Waals surface area contributed by atoms with Gasteiger partial charge in [0.2, 0.25) is 0 Å². The minimum Gasteiger partial charge on any atom is -0.455 e. The summed E-state index contributed by atoms with van der Waals surface area (Å²) >= 11 is 3.31. The van der Waals surface area contributed by atoms with Gasteiger partial charge in [-0.15, -0.1) is 0 Å². The van der Waals surface area contributed by atoms with Gasteiger partial charge in [0.1, 0.15) is 0 Å². The quantitative estimate of drug-likeness (QED) is 0.870. The smallest absolute Gasteiger partial charge is 0.308 e. The van der Waals surface area contributed by atoms with Gasteiger partial charge in [0, 0.05) is 4.47 Å². The number of nitrogens with one attached hydrogen (secondary N) is 1. The molecule has 1 rings (SSSR count). The van der Waals surface area contributed by atoms with Crippen molar-refractivity contribution in [1.29, 1.82) is 0 Å². The van der Waals surface area contributed by atoms with Crippen LogP contribution in [0.2, 0.25) is 0 Å². The van der Waals surface area contributed by atoms with E-state index in [2.05, 4.69) is 21.2 Å². The zero-order chi connectivity index (χ0) is 12.8. The van der Waals surface area contributed by atoms with Crippen molar-refractivity contribution in [1.82, 2.24) is 0 Å². The van der Waals surface area contributed by atoms with Crippen LogP contribution in [0.4, 0.5) is 5.69 Å². The van der Waals surface area contributed by atoms with E-state index in [1.807, 2.05) is 12.1 Å². The molecule has 1 aromatic rings. The lowest BCUT2D eigenvalue weighted by Crippen LogP contribution is -2.22. The summed E-state index contributed by atoms with van der Waals surface area (Å²) in [5.74, 6) is -0.968. The van der Waals surface area contributed by atoms with Crippen LogP contribution in [0, 0.1) is 5.92 Å². The first-order valence-corrected chi connectivity index (χ1v) is 6.01. The molecule has 1 amide bonds. The van der Waals surface area contributed by atoms with Crippen molar-refractivity contribution >= 4 is 33.5 Å². The fraction of sp³-hybridized carbons (Fsp3) is 0.333. The van der Waals surface area contributed by atoms with E-state index in [-0.39, 0.29) is 24.4 Å². The monoisotopic (exact) mass is 299 g/mol. The zero-order valence-corrected chi connectivity index (χ0v) is 11.3. The van der Waals surface area contributed by atoms with Gasteiger partial charge in [-0.1, -0.05) is 26.0 Å². The van der Waals surface area contributed by atoms with Gasteiger partial charge in [0.15, 0.2) is 6.61 Å². The molecule has 0 unspecified atom stereocenters. The van der Waals surface area contributed by atoms with E-state index in [9.17, 15) is 9.59 Å². The number of carbonyl (C=O) groups excluding carboxylic acids is 2. The molecule has 0 aromatic heterocycles. The lowest BCUT2D eigenvalue weighted by atomic mass is 10.2. The van der Waals surface area contributed by atoms with E-state index in [1.165, 1.54) is 0 Å². The number of halogens is 1. The maximum absolute atomic E-state index is 11.5. The van der Waals surface area contributed by atoms with Crippen LogP contribution < -0.4 is 5.32 Å². The van der Waals surface area contributed by atoms with Gasteiger partial charge in [0.05, 0.1) is 11.6 Å². The first kappa shape index (κ1) is 13.7. The van der Waals surface area contributed by atoms with Crippen LogP contribution in [0.25, 0.3) is 0 Å². The highest BCUT2D eigenvalue weighted by Gasteiger charge is 2.11. The first-order chi connectivity index (χ1) is 8.00. The van der Waals surface area contributed by atoms with Crippen LogP contribution in [-0.2, 0) is 14.3 Å². The SMILES string of the molecule is CC(C)C(=O)OCC(=O)Nc1ccccc1Br. The Kier molecular flexibility index (Phi) is 5.15. The normalized spacial score (nSPS) is 10.1. The van der Waals surface area contributed by atoms with E-state index < -0.39 is 0 Å². The number of esters is 1. The molecule has 0 spiro atoms. The summed E-state index contributed by atoms with van der Waals surface area (Å²) in [5.41, 5.74) is 0.651. The third-order valence-corrected chi connectivity index (χ3v) is 2.66. The van der Waals surface area contributed by atoms with Crippen molar-refractivity contribution in [2.45, 2.75) is 13.8 Å². The van der Waals surface area contributed by atoms with Crippen LogP contribution in [0.5, 0.6) is 0 Å². The maximum Gasteiger partial charge on any atom is 0.308 e. The molecular formula is C12H14BrNO3. The Hall–Kier alpha value is -1.36. The number of benzene rings is 1. The highest BCUT2D eigenvalue weighted by molar-refractivity contribution is 9.10. The van der Waals surface area contributed by atoms with Crippen molar-refractivity contribution in [3.63, 3.8) is 0 Å². The molecule has 1 N–H and O–H groups in total. The van der Waals surface area contributed by atoms with Gasteiger partial charge in [-0.2, -0.15) is 0 Å². The van der Waals surface area contributed by atoms with E-state index in [4.69, 9.17) is 4.74 Å². The first-order valence-electron chi connectivity index (χ1n) is 5.21. The fourth-order valence-corrected chi connectivity index (χ4v) is 1.44. The second-order valence-corrected chi connectivity index (χ2v) is 4.64. The molecule has 0 heterocycles. The van der Waals surface area contributed by atoms with Crippen LogP contribution in [0.3, 0.4) is 0 Å². The molecule has 0 saturated carbocycles. The van der Waals surface area contributed by atoms with Gasteiger partial charge >= 0.3 is 5.97 Å². The lowest BCUT2D eigenvalue weighted by Gasteiger charge is -2.09. The topological polar surface area (TPSA) is 55.4 Å². The molecular weight excluding hydrogens is 286 g/mol. The predicted molar refractivity (Wildman–Crippen MR) is 68.6 cm³/mol. The zero-order valence-electron chi connectivity index (χ0n) is 9.70. The second-order valence-electron chi connectivity index (χ2n) is 3.79. The molecule has 0 atom stereocenters. The third kappa shape index (κ3) is 4.56. The number of ether oxygens (including phenoxy) is 1. The Morgan fingerprint density at radius 1 is 1.35 bits per heavy atom. The summed E-state index contributed by atoms with van der Waals surface area (Å²) in [7, 11) is 0. The summed E-state index contributed by atoms with van der Waals surface area (Å²) in [6, 6.07) is 7.22. The molecule has 0 bridgehead atoms. The number of hydrogen-bond donors (Lipinski definition) is 1. The Morgan fingerprint density at radius 2 is 2.00 bits per heavy atom. The van der Waals surface area contributed by atoms with Gasteiger partial charge in [-0.05, 0) is 28.1 Å². The number of para-hydroxylation sites is 1. The second kappa shape index (κ2) is 6.39. The minimum absolute atomic E-state index is 0.230. The number of hydrogen-bond acceptors (Lipinski definition) is 3. The van der Waals surface area contributed by atoms with Crippen molar-refractivity contribution in [2.75, 3.05) is 11.9 Å². The Balaban J connectivity index is 2.46. The molecule has 4 nitrogen and oxygen atoms in total. The highest BCUT2D eigenvalue weighted by atomic mass is 79.9. The Labute approximate surface area is 108 Å². The van der Waals surface area contributed by atoms with Crippen LogP contribution in [0.15, 0.2) is 28.7 Å². The van der Waals surface area contributed by atoms with Gasteiger partial charge < -0.3 is 10.1 Å². The number of anilines is 1. The van der Waals surface area contributed by atoms with Gasteiger partial charge in [0.25, 0.3) is 5.91 Å². The van der Waals surface area contributed by atoms with Crippen molar-refractivity contribution in [3.8, 4) is 0 Å². The number of rotatable bonds is 4. The lowest BCUT2D eigenvalue weighted by molar-refractivity contribution is -0.150. The number of amides is 1. The third-order valence-electron chi connectivity index (χ3n) is 1.96. The van der Waals surface area contributed by atoms with Gasteiger partial charge in [-0.25, -0.2) is 0 Å². The van der Waals surface area contributed by atoms with E-state index in [1.54, 1.807) is 26.0 Å². The molecule has 17 heavy (non-hydrogen) atoms.